The van der Waals surface area contributed by atoms with Crippen LogP contribution in [0.5, 0.6) is 11.5 Å². The Bertz CT molecular complexity index is 567. The van der Waals surface area contributed by atoms with Gasteiger partial charge < -0.3 is 9.47 Å². The lowest BCUT2D eigenvalue weighted by Crippen LogP contribution is -1.96. The van der Waals surface area contributed by atoms with Gasteiger partial charge in [-0.2, -0.15) is 0 Å². The summed E-state index contributed by atoms with van der Waals surface area (Å²) in [5.41, 5.74) is 1.04. The molecule has 1 aromatic carbocycles. The van der Waals surface area contributed by atoms with E-state index in [1.165, 1.54) is 11.3 Å². The first-order valence-corrected chi connectivity index (χ1v) is 8.28. The van der Waals surface area contributed by atoms with Gasteiger partial charge in [0.05, 0.1) is 19.0 Å². The van der Waals surface area contributed by atoms with E-state index in [0.29, 0.717) is 0 Å². The van der Waals surface area contributed by atoms with Crippen molar-refractivity contribution in [3.63, 3.8) is 0 Å². The standard InChI is InChI=1S/C13H11Br2ClO2S/c1-17-7-3-4-8(10(5-7)18-2)12(15)11-6-9(14)13(16)19-11/h3-6,12H,1-2H3. The highest BCUT2D eigenvalue weighted by Crippen LogP contribution is 2.44. The van der Waals surface area contributed by atoms with Crippen molar-refractivity contribution >= 4 is 54.8 Å². The van der Waals surface area contributed by atoms with Crippen molar-refractivity contribution in [3.8, 4) is 11.5 Å². The molecule has 6 heteroatoms. The number of benzene rings is 1. The summed E-state index contributed by atoms with van der Waals surface area (Å²) in [6, 6.07) is 7.78. The Hall–Kier alpha value is -0.230. The predicted molar refractivity (Wildman–Crippen MR) is 87.3 cm³/mol. The first-order valence-electron chi connectivity index (χ1n) is 5.37. The summed E-state index contributed by atoms with van der Waals surface area (Å²) >= 11 is 14.7. The van der Waals surface area contributed by atoms with Gasteiger partial charge in [-0.3, -0.25) is 0 Å². The summed E-state index contributed by atoms with van der Waals surface area (Å²) in [6.07, 6.45) is 0. The minimum absolute atomic E-state index is 0.0298. The van der Waals surface area contributed by atoms with Crippen LogP contribution in [0, 0.1) is 0 Å². The highest BCUT2D eigenvalue weighted by Gasteiger charge is 2.19. The van der Waals surface area contributed by atoms with E-state index in [-0.39, 0.29) is 4.83 Å². The number of thiophene rings is 1. The lowest BCUT2D eigenvalue weighted by Gasteiger charge is -2.14. The van der Waals surface area contributed by atoms with Crippen LogP contribution >= 0.6 is 54.8 Å². The molecule has 0 N–H and O–H groups in total. The Morgan fingerprint density at radius 2 is 1.95 bits per heavy atom. The highest BCUT2D eigenvalue weighted by molar-refractivity contribution is 9.10. The molecule has 0 aliphatic heterocycles. The van der Waals surface area contributed by atoms with Gasteiger partial charge in [0.25, 0.3) is 0 Å². The third-order valence-corrected chi connectivity index (χ3v) is 6.46. The maximum absolute atomic E-state index is 6.08. The smallest absolute Gasteiger partial charge is 0.127 e. The van der Waals surface area contributed by atoms with Gasteiger partial charge >= 0.3 is 0 Å². The van der Waals surface area contributed by atoms with Crippen molar-refractivity contribution in [3.05, 3.63) is 43.5 Å². The number of alkyl halides is 1. The van der Waals surface area contributed by atoms with E-state index in [0.717, 1.165) is 30.7 Å². The van der Waals surface area contributed by atoms with Crippen LogP contribution < -0.4 is 9.47 Å². The van der Waals surface area contributed by atoms with Crippen molar-refractivity contribution < 1.29 is 9.47 Å². The first kappa shape index (κ1) is 15.2. The molecule has 0 spiro atoms. The average molecular weight is 427 g/mol. The van der Waals surface area contributed by atoms with Crippen molar-refractivity contribution in [2.75, 3.05) is 14.2 Å². The monoisotopic (exact) mass is 424 g/mol. The summed E-state index contributed by atoms with van der Waals surface area (Å²) < 4.78 is 12.3. The minimum Gasteiger partial charge on any atom is -0.497 e. The van der Waals surface area contributed by atoms with Crippen LogP contribution in [0.2, 0.25) is 4.34 Å². The summed E-state index contributed by atoms with van der Waals surface area (Å²) in [4.78, 5) is 1.14. The molecule has 0 bridgehead atoms. The molecule has 0 aliphatic rings. The summed E-state index contributed by atoms with van der Waals surface area (Å²) in [6.45, 7) is 0. The maximum Gasteiger partial charge on any atom is 0.127 e. The third-order valence-electron chi connectivity index (χ3n) is 2.63. The second-order valence-corrected chi connectivity index (χ2v) is 7.20. The summed E-state index contributed by atoms with van der Waals surface area (Å²) in [5, 5.41) is 0. The molecule has 2 nitrogen and oxygen atoms in total. The van der Waals surface area contributed by atoms with E-state index < -0.39 is 0 Å². The van der Waals surface area contributed by atoms with E-state index in [9.17, 15) is 0 Å². The zero-order valence-corrected chi connectivity index (χ0v) is 15.0. The van der Waals surface area contributed by atoms with Crippen LogP contribution in [0.3, 0.4) is 0 Å². The Labute approximate surface area is 137 Å². The number of rotatable bonds is 4. The van der Waals surface area contributed by atoms with Crippen molar-refractivity contribution in [1.82, 2.24) is 0 Å². The van der Waals surface area contributed by atoms with E-state index in [2.05, 4.69) is 31.9 Å². The number of methoxy groups -OCH3 is 2. The minimum atomic E-state index is 0.0298. The first-order chi connectivity index (χ1) is 9.06. The van der Waals surface area contributed by atoms with Gasteiger partial charge in [0.15, 0.2) is 0 Å². The molecule has 2 aromatic rings. The zero-order valence-electron chi connectivity index (χ0n) is 10.2. The second-order valence-electron chi connectivity index (χ2n) is 3.74. The second kappa shape index (κ2) is 6.48. The molecule has 0 aliphatic carbocycles. The van der Waals surface area contributed by atoms with E-state index in [1.54, 1.807) is 14.2 Å². The molecule has 0 radical (unpaired) electrons. The molecule has 1 aromatic heterocycles. The van der Waals surface area contributed by atoms with Gasteiger partial charge in [0.1, 0.15) is 15.8 Å². The number of ether oxygens (including phenoxy) is 2. The quantitative estimate of drug-likeness (QED) is 0.587. The van der Waals surface area contributed by atoms with E-state index in [4.69, 9.17) is 21.1 Å². The molecule has 2 rings (SSSR count). The van der Waals surface area contributed by atoms with Gasteiger partial charge in [-0.05, 0) is 28.1 Å². The molecule has 19 heavy (non-hydrogen) atoms. The number of halogens is 3. The van der Waals surface area contributed by atoms with Crippen LogP contribution in [-0.2, 0) is 0 Å². The number of hydrogen-bond acceptors (Lipinski definition) is 3. The summed E-state index contributed by atoms with van der Waals surface area (Å²) in [5.74, 6) is 1.55. The Kier molecular flexibility index (Phi) is 5.17. The lowest BCUT2D eigenvalue weighted by molar-refractivity contribution is 0.391. The van der Waals surface area contributed by atoms with Gasteiger partial charge in [-0.1, -0.05) is 33.6 Å². The summed E-state index contributed by atoms with van der Waals surface area (Å²) in [7, 11) is 3.28. The Morgan fingerprint density at radius 1 is 1.21 bits per heavy atom. The maximum atomic E-state index is 6.08. The molecule has 102 valence electrons. The van der Waals surface area contributed by atoms with Crippen LogP contribution in [0.4, 0.5) is 0 Å². The van der Waals surface area contributed by atoms with Crippen molar-refractivity contribution in [1.29, 1.82) is 0 Å². The molecule has 0 saturated carbocycles. The molecular weight excluding hydrogens is 415 g/mol. The van der Waals surface area contributed by atoms with Crippen LogP contribution in [0.1, 0.15) is 15.3 Å². The molecular formula is C13H11Br2ClO2S. The third kappa shape index (κ3) is 3.27. The van der Waals surface area contributed by atoms with Crippen molar-refractivity contribution in [2.45, 2.75) is 4.83 Å². The van der Waals surface area contributed by atoms with Crippen LogP contribution in [0.25, 0.3) is 0 Å². The van der Waals surface area contributed by atoms with E-state index in [1.807, 2.05) is 24.3 Å². The van der Waals surface area contributed by atoms with Crippen LogP contribution in [-0.4, -0.2) is 14.2 Å². The topological polar surface area (TPSA) is 18.5 Å². The lowest BCUT2D eigenvalue weighted by atomic mass is 10.1. The zero-order chi connectivity index (χ0) is 14.0. The Balaban J connectivity index is 2.40. The fourth-order valence-corrected chi connectivity index (χ4v) is 4.19. The van der Waals surface area contributed by atoms with Crippen LogP contribution in [0.15, 0.2) is 28.7 Å². The normalized spacial score (nSPS) is 12.3. The fraction of sp³-hybridized carbons (Fsp3) is 0.231. The predicted octanol–water partition coefficient (Wildman–Crippen LogP) is 5.67. The van der Waals surface area contributed by atoms with Gasteiger partial charge in [-0.25, -0.2) is 0 Å². The van der Waals surface area contributed by atoms with Gasteiger partial charge in [0.2, 0.25) is 0 Å². The molecule has 0 fully saturated rings. The number of hydrogen-bond donors (Lipinski definition) is 0. The largest absolute Gasteiger partial charge is 0.497 e. The molecule has 0 saturated heterocycles. The average Bonchev–Trinajstić information content (AvgIpc) is 2.77. The SMILES string of the molecule is COc1ccc(C(Br)c2cc(Br)c(Cl)s2)c(OC)c1. The van der Waals surface area contributed by atoms with Crippen molar-refractivity contribution in [2.24, 2.45) is 0 Å². The fourth-order valence-electron chi connectivity index (χ4n) is 1.67. The molecule has 1 unspecified atom stereocenters. The van der Waals surface area contributed by atoms with Gasteiger partial charge in [0, 0.05) is 21.0 Å². The molecule has 1 heterocycles. The molecule has 1 atom stereocenters. The highest BCUT2D eigenvalue weighted by atomic mass is 79.9. The van der Waals surface area contributed by atoms with Gasteiger partial charge in [-0.15, -0.1) is 11.3 Å². The Morgan fingerprint density at radius 3 is 2.47 bits per heavy atom. The van der Waals surface area contributed by atoms with E-state index >= 15 is 0 Å². The molecule has 0 amide bonds.